The summed E-state index contributed by atoms with van der Waals surface area (Å²) >= 11 is 11.7. The van der Waals surface area contributed by atoms with E-state index in [1.165, 1.54) is 6.42 Å². The molecule has 0 aromatic heterocycles. The minimum Gasteiger partial charge on any atom is -0.491 e. The van der Waals surface area contributed by atoms with Gasteiger partial charge in [0.15, 0.2) is 0 Å². The zero-order valence-corrected chi connectivity index (χ0v) is 11.1. The Hall–Kier alpha value is -0.440. The first kappa shape index (κ1) is 13.0. The predicted octanol–water partition coefficient (Wildman–Crippen LogP) is 4.07. The Labute approximate surface area is 111 Å². The maximum absolute atomic E-state index is 10.3. The van der Waals surface area contributed by atoms with Gasteiger partial charge in [-0.1, -0.05) is 42.5 Å². The van der Waals surface area contributed by atoms with Crippen LogP contribution in [0.2, 0.25) is 10.0 Å². The van der Waals surface area contributed by atoms with Crippen molar-refractivity contribution in [2.75, 3.05) is 6.61 Å². The van der Waals surface area contributed by atoms with Crippen LogP contribution in [0.4, 0.5) is 0 Å². The minimum atomic E-state index is -0.676. The maximum atomic E-state index is 10.3. The largest absolute Gasteiger partial charge is 0.491 e. The van der Waals surface area contributed by atoms with E-state index in [2.05, 4.69) is 0 Å². The highest BCUT2D eigenvalue weighted by Crippen LogP contribution is 2.30. The molecule has 2 nitrogen and oxygen atoms in total. The summed E-state index contributed by atoms with van der Waals surface area (Å²) in [4.78, 5) is 0. The highest BCUT2D eigenvalue weighted by Gasteiger charge is 2.29. The molecule has 1 aromatic carbocycles. The first-order valence-electron chi connectivity index (χ1n) is 5.89. The Bertz CT molecular complexity index is 387. The number of halogens is 2. The van der Waals surface area contributed by atoms with Crippen molar-refractivity contribution in [1.82, 2.24) is 0 Å². The molecule has 0 saturated heterocycles. The molecule has 1 aliphatic carbocycles. The fourth-order valence-corrected chi connectivity index (χ4v) is 2.43. The summed E-state index contributed by atoms with van der Waals surface area (Å²) in [6, 6.07) is 5.14. The van der Waals surface area contributed by atoms with Crippen LogP contribution >= 0.6 is 23.2 Å². The summed E-state index contributed by atoms with van der Waals surface area (Å²) in [6.45, 7) is 0.324. The number of benzene rings is 1. The van der Waals surface area contributed by atoms with Crippen LogP contribution < -0.4 is 4.74 Å². The van der Waals surface area contributed by atoms with E-state index in [0.717, 1.165) is 25.7 Å². The first-order chi connectivity index (χ1) is 8.09. The molecule has 0 amide bonds. The smallest absolute Gasteiger partial charge is 0.121 e. The molecule has 1 aliphatic rings. The molecular formula is C13H16Cl2O2. The second-order valence-corrected chi connectivity index (χ2v) is 5.46. The SMILES string of the molecule is OC1(COc2ccc(Cl)c(Cl)c2)CCCCC1. The molecule has 2 rings (SSSR count). The molecule has 0 unspecified atom stereocenters. The predicted molar refractivity (Wildman–Crippen MR) is 70.0 cm³/mol. The van der Waals surface area contributed by atoms with Crippen molar-refractivity contribution >= 4 is 23.2 Å². The van der Waals surface area contributed by atoms with Gasteiger partial charge in [0.1, 0.15) is 12.4 Å². The quantitative estimate of drug-likeness (QED) is 0.901. The molecule has 1 aromatic rings. The van der Waals surface area contributed by atoms with Crippen LogP contribution in [0.3, 0.4) is 0 Å². The van der Waals surface area contributed by atoms with Gasteiger partial charge < -0.3 is 9.84 Å². The summed E-state index contributed by atoms with van der Waals surface area (Å²) < 4.78 is 5.59. The van der Waals surface area contributed by atoms with Crippen LogP contribution in [-0.4, -0.2) is 17.3 Å². The molecule has 94 valence electrons. The van der Waals surface area contributed by atoms with Crippen molar-refractivity contribution < 1.29 is 9.84 Å². The van der Waals surface area contributed by atoms with Gasteiger partial charge in [-0.2, -0.15) is 0 Å². The molecule has 0 atom stereocenters. The lowest BCUT2D eigenvalue weighted by Crippen LogP contribution is -2.37. The van der Waals surface area contributed by atoms with Crippen molar-refractivity contribution in [3.8, 4) is 5.75 Å². The van der Waals surface area contributed by atoms with E-state index >= 15 is 0 Å². The van der Waals surface area contributed by atoms with E-state index < -0.39 is 5.60 Å². The van der Waals surface area contributed by atoms with Crippen molar-refractivity contribution in [3.05, 3.63) is 28.2 Å². The average Bonchev–Trinajstić information content (AvgIpc) is 2.32. The molecule has 0 aliphatic heterocycles. The Morgan fingerprint density at radius 1 is 1.12 bits per heavy atom. The molecule has 1 N–H and O–H groups in total. The lowest BCUT2D eigenvalue weighted by Gasteiger charge is -2.31. The molecular weight excluding hydrogens is 259 g/mol. The van der Waals surface area contributed by atoms with Gasteiger partial charge in [-0.15, -0.1) is 0 Å². The van der Waals surface area contributed by atoms with Crippen LogP contribution in [0.1, 0.15) is 32.1 Å². The molecule has 0 heterocycles. The fraction of sp³-hybridized carbons (Fsp3) is 0.538. The Morgan fingerprint density at radius 2 is 1.82 bits per heavy atom. The van der Waals surface area contributed by atoms with Gasteiger partial charge in [-0.05, 0) is 25.0 Å². The molecule has 4 heteroatoms. The van der Waals surface area contributed by atoms with Gasteiger partial charge in [0, 0.05) is 6.07 Å². The van der Waals surface area contributed by atoms with E-state index in [0.29, 0.717) is 22.4 Å². The van der Waals surface area contributed by atoms with E-state index in [9.17, 15) is 5.11 Å². The lowest BCUT2D eigenvalue weighted by molar-refractivity contribution is -0.0339. The van der Waals surface area contributed by atoms with Crippen molar-refractivity contribution in [2.24, 2.45) is 0 Å². The van der Waals surface area contributed by atoms with E-state index in [1.807, 2.05) is 0 Å². The molecule has 0 radical (unpaired) electrons. The monoisotopic (exact) mass is 274 g/mol. The Balaban J connectivity index is 1.94. The number of hydrogen-bond acceptors (Lipinski definition) is 2. The zero-order chi connectivity index (χ0) is 12.3. The second kappa shape index (κ2) is 5.47. The van der Waals surface area contributed by atoms with Crippen molar-refractivity contribution in [2.45, 2.75) is 37.7 Å². The van der Waals surface area contributed by atoms with Crippen LogP contribution in [-0.2, 0) is 0 Å². The van der Waals surface area contributed by atoms with Gasteiger partial charge in [-0.25, -0.2) is 0 Å². The Kier molecular flexibility index (Phi) is 4.18. The lowest BCUT2D eigenvalue weighted by atomic mass is 9.85. The van der Waals surface area contributed by atoms with E-state index in [1.54, 1.807) is 18.2 Å². The summed E-state index contributed by atoms with van der Waals surface area (Å²) in [5.41, 5.74) is -0.676. The third-order valence-corrected chi connectivity index (χ3v) is 3.92. The Morgan fingerprint density at radius 3 is 2.47 bits per heavy atom. The van der Waals surface area contributed by atoms with Crippen LogP contribution in [0, 0.1) is 0 Å². The van der Waals surface area contributed by atoms with Gasteiger partial charge in [-0.3, -0.25) is 0 Å². The fourth-order valence-electron chi connectivity index (χ4n) is 2.14. The highest BCUT2D eigenvalue weighted by molar-refractivity contribution is 6.42. The summed E-state index contributed by atoms with van der Waals surface area (Å²) in [6.07, 6.45) is 4.97. The molecule has 0 bridgehead atoms. The first-order valence-corrected chi connectivity index (χ1v) is 6.65. The van der Waals surface area contributed by atoms with Crippen molar-refractivity contribution in [1.29, 1.82) is 0 Å². The number of hydrogen-bond donors (Lipinski definition) is 1. The van der Waals surface area contributed by atoms with Gasteiger partial charge >= 0.3 is 0 Å². The van der Waals surface area contributed by atoms with Gasteiger partial charge in [0.25, 0.3) is 0 Å². The molecule has 1 saturated carbocycles. The highest BCUT2D eigenvalue weighted by atomic mass is 35.5. The van der Waals surface area contributed by atoms with Crippen LogP contribution in [0.25, 0.3) is 0 Å². The third kappa shape index (κ3) is 3.51. The zero-order valence-electron chi connectivity index (χ0n) is 9.59. The standard InChI is InChI=1S/C13H16Cl2O2/c14-11-5-4-10(8-12(11)15)17-9-13(16)6-2-1-3-7-13/h4-5,8,16H,1-3,6-7,9H2. The van der Waals surface area contributed by atoms with E-state index in [-0.39, 0.29) is 0 Å². The third-order valence-electron chi connectivity index (χ3n) is 3.18. The van der Waals surface area contributed by atoms with E-state index in [4.69, 9.17) is 27.9 Å². The number of ether oxygens (including phenoxy) is 1. The van der Waals surface area contributed by atoms with Crippen LogP contribution in [0.15, 0.2) is 18.2 Å². The maximum Gasteiger partial charge on any atom is 0.121 e. The normalized spacial score (nSPS) is 19.0. The van der Waals surface area contributed by atoms with Crippen LogP contribution in [0.5, 0.6) is 5.75 Å². The second-order valence-electron chi connectivity index (χ2n) is 4.65. The molecule has 0 spiro atoms. The summed E-state index contributed by atoms with van der Waals surface area (Å²) in [7, 11) is 0. The molecule has 1 fully saturated rings. The number of rotatable bonds is 3. The summed E-state index contributed by atoms with van der Waals surface area (Å²) in [5, 5.41) is 11.3. The van der Waals surface area contributed by atoms with Gasteiger partial charge in [0.05, 0.1) is 15.6 Å². The van der Waals surface area contributed by atoms with Crippen molar-refractivity contribution in [3.63, 3.8) is 0 Å². The van der Waals surface area contributed by atoms with Gasteiger partial charge in [0.2, 0.25) is 0 Å². The topological polar surface area (TPSA) is 29.5 Å². The average molecular weight is 275 g/mol. The summed E-state index contributed by atoms with van der Waals surface area (Å²) in [5.74, 6) is 0.651. The molecule has 17 heavy (non-hydrogen) atoms. The minimum absolute atomic E-state index is 0.324. The number of aliphatic hydroxyl groups is 1.